The van der Waals surface area contributed by atoms with Gasteiger partial charge in [0, 0.05) is 11.1 Å². The smallest absolute Gasteiger partial charge is 0.323 e. The maximum absolute atomic E-state index is 11.9. The molecule has 110 valence electrons. The van der Waals surface area contributed by atoms with Gasteiger partial charge in [-0.15, -0.1) is 11.3 Å². The van der Waals surface area contributed by atoms with E-state index in [0.717, 1.165) is 5.69 Å². The number of aromatic nitrogens is 1. The molecule has 0 saturated carbocycles. The number of hydrogen-bond donors (Lipinski definition) is 3. The van der Waals surface area contributed by atoms with Gasteiger partial charge >= 0.3 is 18.0 Å². The van der Waals surface area contributed by atoms with Gasteiger partial charge in [0.25, 0.3) is 0 Å². The molecule has 1 rings (SSSR count). The van der Waals surface area contributed by atoms with Crippen LogP contribution in [0, 0.1) is 6.92 Å². The van der Waals surface area contributed by atoms with E-state index in [4.69, 9.17) is 10.2 Å². The van der Waals surface area contributed by atoms with Crippen molar-refractivity contribution in [2.75, 3.05) is 13.1 Å². The summed E-state index contributed by atoms with van der Waals surface area (Å²) >= 11 is 1.36. The number of carboxylic acid groups (broad SMARTS) is 2. The molecule has 1 aromatic heterocycles. The van der Waals surface area contributed by atoms with E-state index in [1.807, 2.05) is 12.3 Å². The molecular weight excluding hydrogens is 286 g/mol. The van der Waals surface area contributed by atoms with Crippen LogP contribution in [0.2, 0.25) is 0 Å². The fourth-order valence-corrected chi connectivity index (χ4v) is 2.24. The monoisotopic (exact) mass is 301 g/mol. The molecule has 1 heterocycles. The Balaban J connectivity index is 2.69. The lowest BCUT2D eigenvalue weighted by Crippen LogP contribution is -2.45. The number of nitrogens with zero attached hydrogens (tertiary/aromatic N) is 2. The number of amides is 2. The Bertz CT molecular complexity index is 500. The molecule has 1 atom stereocenters. The second-order valence-electron chi connectivity index (χ2n) is 4.14. The number of nitrogens with one attached hydrogen (secondary N) is 1. The summed E-state index contributed by atoms with van der Waals surface area (Å²) in [6.45, 7) is 2.15. The molecule has 20 heavy (non-hydrogen) atoms. The maximum Gasteiger partial charge on any atom is 0.323 e. The quantitative estimate of drug-likeness (QED) is 0.711. The summed E-state index contributed by atoms with van der Waals surface area (Å²) in [4.78, 5) is 38.0. The fraction of sp³-hybridized carbons (Fsp3) is 0.455. The van der Waals surface area contributed by atoms with Crippen molar-refractivity contribution >= 4 is 29.3 Å². The Morgan fingerprint density at radius 1 is 1.35 bits per heavy atom. The molecule has 0 aliphatic carbocycles. The molecular formula is C11H15N3O5S. The molecule has 0 aromatic carbocycles. The van der Waals surface area contributed by atoms with Crippen LogP contribution in [0.3, 0.4) is 0 Å². The molecule has 8 nitrogen and oxygen atoms in total. The van der Waals surface area contributed by atoms with E-state index in [-0.39, 0.29) is 0 Å². The van der Waals surface area contributed by atoms with E-state index >= 15 is 0 Å². The average Bonchev–Trinajstić information content (AvgIpc) is 2.73. The average molecular weight is 301 g/mol. The first-order chi connectivity index (χ1) is 9.29. The van der Waals surface area contributed by atoms with Gasteiger partial charge in [-0.1, -0.05) is 0 Å². The normalized spacial score (nSPS) is 11.7. The van der Waals surface area contributed by atoms with Crippen molar-refractivity contribution in [3.05, 3.63) is 16.1 Å². The molecule has 0 radical (unpaired) electrons. The number of aryl methyl sites for hydroxylation is 1. The highest BCUT2D eigenvalue weighted by Gasteiger charge is 2.22. The minimum Gasteiger partial charge on any atom is -0.480 e. The van der Waals surface area contributed by atoms with Crippen molar-refractivity contribution in [2.24, 2.45) is 0 Å². The third kappa shape index (κ3) is 4.84. The predicted molar refractivity (Wildman–Crippen MR) is 70.6 cm³/mol. The van der Waals surface area contributed by atoms with Gasteiger partial charge in [-0.3, -0.25) is 9.59 Å². The first kappa shape index (κ1) is 15.9. The standard InChI is InChI=1S/C11H15N3O5S/c1-6-5-20-10(12-6)7(2)13-11(19)14(3-8(15)16)4-9(17)18/h5,7H,3-4H2,1-2H3,(H,13,19)(H,15,16)(H,17,18). The molecule has 1 unspecified atom stereocenters. The summed E-state index contributed by atoms with van der Waals surface area (Å²) in [5.41, 5.74) is 0.819. The largest absolute Gasteiger partial charge is 0.480 e. The van der Waals surface area contributed by atoms with Gasteiger partial charge in [0.15, 0.2) is 0 Å². The summed E-state index contributed by atoms with van der Waals surface area (Å²) in [5, 5.41) is 22.4. The van der Waals surface area contributed by atoms with E-state index in [2.05, 4.69) is 10.3 Å². The number of aliphatic carboxylic acids is 2. The van der Waals surface area contributed by atoms with Gasteiger partial charge in [0.05, 0.1) is 6.04 Å². The molecule has 0 bridgehead atoms. The van der Waals surface area contributed by atoms with E-state index in [9.17, 15) is 14.4 Å². The van der Waals surface area contributed by atoms with Crippen LogP contribution in [0.25, 0.3) is 0 Å². The number of hydrogen-bond acceptors (Lipinski definition) is 5. The minimum atomic E-state index is -1.28. The highest BCUT2D eigenvalue weighted by Crippen LogP contribution is 2.17. The predicted octanol–water partition coefficient (Wildman–Crippen LogP) is 0.693. The number of rotatable bonds is 6. The summed E-state index contributed by atoms with van der Waals surface area (Å²) in [6.07, 6.45) is 0. The van der Waals surface area contributed by atoms with Crippen LogP contribution in [0.5, 0.6) is 0 Å². The van der Waals surface area contributed by atoms with Crippen LogP contribution in [0.4, 0.5) is 4.79 Å². The number of carboxylic acids is 2. The van der Waals surface area contributed by atoms with E-state index in [1.165, 1.54) is 11.3 Å². The lowest BCUT2D eigenvalue weighted by atomic mass is 10.3. The second-order valence-corrected chi connectivity index (χ2v) is 5.03. The maximum atomic E-state index is 11.9. The minimum absolute atomic E-state index is 0.425. The molecule has 0 spiro atoms. The lowest BCUT2D eigenvalue weighted by Gasteiger charge is -2.21. The molecule has 0 saturated heterocycles. The van der Waals surface area contributed by atoms with E-state index in [0.29, 0.717) is 9.91 Å². The molecule has 9 heteroatoms. The van der Waals surface area contributed by atoms with Crippen LogP contribution in [0.15, 0.2) is 5.38 Å². The third-order valence-corrected chi connectivity index (χ3v) is 3.43. The van der Waals surface area contributed by atoms with E-state index in [1.54, 1.807) is 6.92 Å². The Kier molecular flexibility index (Phi) is 5.44. The molecule has 0 fully saturated rings. The number of carbonyl (C=O) groups excluding carboxylic acids is 1. The van der Waals surface area contributed by atoms with Crippen LogP contribution >= 0.6 is 11.3 Å². The summed E-state index contributed by atoms with van der Waals surface area (Å²) in [5.74, 6) is -2.56. The molecule has 0 aliphatic rings. The van der Waals surface area contributed by atoms with Crippen LogP contribution in [-0.2, 0) is 9.59 Å². The number of urea groups is 1. The Hall–Kier alpha value is -2.16. The Labute approximate surface area is 119 Å². The van der Waals surface area contributed by atoms with Gasteiger partial charge in [-0.05, 0) is 13.8 Å². The van der Waals surface area contributed by atoms with Crippen molar-refractivity contribution < 1.29 is 24.6 Å². The SMILES string of the molecule is Cc1csc(C(C)NC(=O)N(CC(=O)O)CC(=O)O)n1. The van der Waals surface area contributed by atoms with E-state index < -0.39 is 37.1 Å². The number of thiazole rings is 1. The van der Waals surface area contributed by atoms with Gasteiger partial charge < -0.3 is 20.4 Å². The number of carbonyl (C=O) groups is 3. The van der Waals surface area contributed by atoms with Gasteiger partial charge in [0.1, 0.15) is 18.1 Å². The second kappa shape index (κ2) is 6.85. The van der Waals surface area contributed by atoms with Gasteiger partial charge in [-0.2, -0.15) is 0 Å². The molecule has 2 amide bonds. The first-order valence-corrected chi connectivity index (χ1v) is 6.58. The highest BCUT2D eigenvalue weighted by atomic mass is 32.1. The van der Waals surface area contributed by atoms with Crippen molar-refractivity contribution in [2.45, 2.75) is 19.9 Å². The van der Waals surface area contributed by atoms with Crippen LogP contribution in [-0.4, -0.2) is 51.2 Å². The zero-order valence-corrected chi connectivity index (χ0v) is 11.8. The molecule has 1 aromatic rings. The van der Waals surface area contributed by atoms with Gasteiger partial charge in [0.2, 0.25) is 0 Å². The summed E-state index contributed by atoms with van der Waals surface area (Å²) in [6, 6.07) is -1.18. The Morgan fingerprint density at radius 3 is 2.30 bits per heavy atom. The van der Waals surface area contributed by atoms with Crippen LogP contribution < -0.4 is 5.32 Å². The van der Waals surface area contributed by atoms with Crippen LogP contribution in [0.1, 0.15) is 23.7 Å². The van der Waals surface area contributed by atoms with Crippen molar-refractivity contribution in [1.29, 1.82) is 0 Å². The van der Waals surface area contributed by atoms with Gasteiger partial charge in [-0.25, -0.2) is 9.78 Å². The van der Waals surface area contributed by atoms with Crippen molar-refractivity contribution in [1.82, 2.24) is 15.2 Å². The lowest BCUT2D eigenvalue weighted by molar-refractivity contribution is -0.140. The molecule has 3 N–H and O–H groups in total. The third-order valence-electron chi connectivity index (χ3n) is 2.29. The topological polar surface area (TPSA) is 120 Å². The Morgan fingerprint density at radius 2 is 1.90 bits per heavy atom. The zero-order chi connectivity index (χ0) is 15.3. The summed E-state index contributed by atoms with van der Waals surface area (Å²) in [7, 11) is 0. The zero-order valence-electron chi connectivity index (χ0n) is 11.0. The highest BCUT2D eigenvalue weighted by molar-refractivity contribution is 7.09. The summed E-state index contributed by atoms with van der Waals surface area (Å²) < 4.78 is 0. The molecule has 0 aliphatic heterocycles. The van der Waals surface area contributed by atoms with Crippen molar-refractivity contribution in [3.63, 3.8) is 0 Å². The first-order valence-electron chi connectivity index (χ1n) is 5.70. The fourth-order valence-electron chi connectivity index (χ4n) is 1.44. The van der Waals surface area contributed by atoms with Crippen molar-refractivity contribution in [3.8, 4) is 0 Å².